The number of nitrogens with zero attached hydrogens (tertiary/aromatic N) is 3. The van der Waals surface area contributed by atoms with Crippen molar-refractivity contribution >= 4 is 12.5 Å². The van der Waals surface area contributed by atoms with Crippen molar-refractivity contribution in [1.29, 1.82) is 5.26 Å². The van der Waals surface area contributed by atoms with Gasteiger partial charge >= 0.3 is 0 Å². The minimum Gasteiger partial charge on any atom is -0.245 e. The predicted molar refractivity (Wildman–Crippen MR) is 38.1 cm³/mol. The number of halogens is 1. The quantitative estimate of drug-likeness (QED) is 0.567. The van der Waals surface area contributed by atoms with Gasteiger partial charge in [0.25, 0.3) is 0 Å². The van der Waals surface area contributed by atoms with Gasteiger partial charge in [-0.3, -0.25) is 0 Å². The first-order chi connectivity index (χ1) is 5.27. The molecule has 0 atom stereocenters. The lowest BCUT2D eigenvalue weighted by Crippen LogP contribution is -1.84. The average Bonchev–Trinajstić information content (AvgIpc) is 2.04. The molecule has 0 radical (unpaired) electrons. The van der Waals surface area contributed by atoms with Crippen molar-refractivity contribution in [3.8, 4) is 6.07 Å². The maximum Gasteiger partial charge on any atom is 0.154 e. The Hall–Kier alpha value is -1.76. The molecule has 0 fully saturated rings. The van der Waals surface area contributed by atoms with E-state index in [4.69, 9.17) is 5.26 Å². The number of aromatic nitrogens is 1. The third-order valence-corrected chi connectivity index (χ3v) is 1.12. The fourth-order valence-electron chi connectivity index (χ4n) is 0.589. The minimum absolute atomic E-state index is 0.0857. The van der Waals surface area contributed by atoms with E-state index < -0.39 is 5.82 Å². The van der Waals surface area contributed by atoms with Crippen molar-refractivity contribution in [3.05, 3.63) is 23.6 Å². The first-order valence-electron chi connectivity index (χ1n) is 2.80. The van der Waals surface area contributed by atoms with Crippen LogP contribution >= 0.6 is 0 Å². The molecule has 3 nitrogen and oxygen atoms in total. The summed E-state index contributed by atoms with van der Waals surface area (Å²) in [4.78, 5) is 7.03. The summed E-state index contributed by atoms with van der Waals surface area (Å²) in [5, 5.41) is 8.31. The number of pyridine rings is 1. The highest BCUT2D eigenvalue weighted by atomic mass is 19.1. The highest BCUT2D eigenvalue weighted by Gasteiger charge is 2.01. The molecule has 0 spiro atoms. The van der Waals surface area contributed by atoms with Gasteiger partial charge < -0.3 is 0 Å². The molecule has 0 saturated heterocycles. The third-order valence-electron chi connectivity index (χ3n) is 1.12. The van der Waals surface area contributed by atoms with E-state index in [1.54, 1.807) is 6.07 Å². The zero-order chi connectivity index (χ0) is 8.27. The van der Waals surface area contributed by atoms with Crippen LogP contribution in [0.5, 0.6) is 0 Å². The van der Waals surface area contributed by atoms with E-state index in [1.807, 2.05) is 0 Å². The molecule has 0 aliphatic carbocycles. The summed E-state index contributed by atoms with van der Waals surface area (Å²) >= 11 is 0. The summed E-state index contributed by atoms with van der Waals surface area (Å²) in [6.07, 6.45) is 1.12. The van der Waals surface area contributed by atoms with E-state index in [1.165, 1.54) is 0 Å². The van der Waals surface area contributed by atoms with Crippen molar-refractivity contribution < 1.29 is 4.39 Å². The highest BCUT2D eigenvalue weighted by molar-refractivity contribution is 5.42. The van der Waals surface area contributed by atoms with Crippen LogP contribution in [-0.2, 0) is 0 Å². The van der Waals surface area contributed by atoms with E-state index in [9.17, 15) is 4.39 Å². The van der Waals surface area contributed by atoms with Crippen molar-refractivity contribution in [2.75, 3.05) is 0 Å². The van der Waals surface area contributed by atoms with Crippen LogP contribution in [0.2, 0.25) is 0 Å². The number of nitriles is 1. The molecule has 0 bridgehead atoms. The van der Waals surface area contributed by atoms with Gasteiger partial charge in [0.1, 0.15) is 17.4 Å². The second-order valence-corrected chi connectivity index (χ2v) is 1.79. The van der Waals surface area contributed by atoms with Crippen LogP contribution in [0, 0.1) is 17.1 Å². The Balaban J connectivity index is 3.22. The lowest BCUT2D eigenvalue weighted by atomic mass is 10.3. The molecule has 11 heavy (non-hydrogen) atoms. The molecule has 0 aliphatic rings. The molecule has 0 aliphatic heterocycles. The maximum absolute atomic E-state index is 12.7. The van der Waals surface area contributed by atoms with Crippen molar-refractivity contribution in [3.63, 3.8) is 0 Å². The van der Waals surface area contributed by atoms with E-state index in [0.29, 0.717) is 0 Å². The van der Waals surface area contributed by atoms with Crippen molar-refractivity contribution in [1.82, 2.24) is 4.98 Å². The van der Waals surface area contributed by atoms with Crippen LogP contribution in [-0.4, -0.2) is 11.7 Å². The van der Waals surface area contributed by atoms with E-state index >= 15 is 0 Å². The molecule has 54 valence electrons. The zero-order valence-electron chi connectivity index (χ0n) is 5.58. The van der Waals surface area contributed by atoms with Gasteiger partial charge in [0.15, 0.2) is 5.82 Å². The summed E-state index contributed by atoms with van der Waals surface area (Å²) in [6.45, 7) is 3.17. The molecule has 0 saturated carbocycles. The van der Waals surface area contributed by atoms with Gasteiger partial charge in [0.2, 0.25) is 0 Å². The molecule has 0 amide bonds. The Labute approximate surface area is 62.8 Å². The van der Waals surface area contributed by atoms with Gasteiger partial charge in [-0.2, -0.15) is 5.26 Å². The Kier molecular flexibility index (Phi) is 1.93. The lowest BCUT2D eigenvalue weighted by molar-refractivity contribution is 0.622. The molecular weight excluding hydrogens is 145 g/mol. The van der Waals surface area contributed by atoms with Gasteiger partial charge in [-0.25, -0.2) is 14.4 Å². The fourth-order valence-corrected chi connectivity index (χ4v) is 0.589. The summed E-state index contributed by atoms with van der Waals surface area (Å²) < 4.78 is 12.7. The van der Waals surface area contributed by atoms with E-state index in [-0.39, 0.29) is 11.4 Å². The summed E-state index contributed by atoms with van der Waals surface area (Å²) in [6, 6.07) is 2.71. The molecular formula is C7H4FN3. The fraction of sp³-hybridized carbons (Fsp3) is 0. The van der Waals surface area contributed by atoms with Crippen LogP contribution in [0.1, 0.15) is 5.56 Å². The zero-order valence-corrected chi connectivity index (χ0v) is 5.58. The highest BCUT2D eigenvalue weighted by Crippen LogP contribution is 2.11. The molecule has 0 aromatic carbocycles. The van der Waals surface area contributed by atoms with Gasteiger partial charge in [-0.05, 0) is 6.72 Å². The van der Waals surface area contributed by atoms with Crippen LogP contribution in [0.15, 0.2) is 17.3 Å². The molecule has 4 heteroatoms. The first-order valence-corrected chi connectivity index (χ1v) is 2.80. The SMILES string of the molecule is C=Nc1cc(F)c(C#N)cn1. The van der Waals surface area contributed by atoms with Gasteiger partial charge in [-0.1, -0.05) is 0 Å². The number of aliphatic imine (C=N–C) groups is 1. The van der Waals surface area contributed by atoms with Gasteiger partial charge in [0, 0.05) is 6.07 Å². The largest absolute Gasteiger partial charge is 0.245 e. The molecule has 0 unspecified atom stereocenters. The second-order valence-electron chi connectivity index (χ2n) is 1.79. The summed E-state index contributed by atoms with van der Waals surface area (Å²) in [7, 11) is 0. The second kappa shape index (κ2) is 2.88. The molecule has 1 aromatic heterocycles. The topological polar surface area (TPSA) is 49.0 Å². The Bertz CT molecular complexity index is 327. The Morgan fingerprint density at radius 2 is 2.45 bits per heavy atom. The van der Waals surface area contributed by atoms with E-state index in [0.717, 1.165) is 12.3 Å². The van der Waals surface area contributed by atoms with Crippen LogP contribution in [0.25, 0.3) is 0 Å². The predicted octanol–water partition coefficient (Wildman–Crippen LogP) is 1.42. The number of hydrogen-bond donors (Lipinski definition) is 0. The lowest BCUT2D eigenvalue weighted by Gasteiger charge is -1.92. The van der Waals surface area contributed by atoms with Gasteiger partial charge in [-0.15, -0.1) is 0 Å². The Morgan fingerprint density at radius 1 is 1.73 bits per heavy atom. The van der Waals surface area contributed by atoms with Crippen LogP contribution in [0.3, 0.4) is 0 Å². The maximum atomic E-state index is 12.7. The monoisotopic (exact) mass is 149 g/mol. The molecule has 1 heterocycles. The van der Waals surface area contributed by atoms with Crippen LogP contribution in [0.4, 0.5) is 10.2 Å². The van der Waals surface area contributed by atoms with Gasteiger partial charge in [0.05, 0.1) is 6.20 Å². The minimum atomic E-state index is -0.620. The van der Waals surface area contributed by atoms with Crippen molar-refractivity contribution in [2.45, 2.75) is 0 Å². The van der Waals surface area contributed by atoms with Crippen molar-refractivity contribution in [2.24, 2.45) is 4.99 Å². The summed E-state index contributed by atoms with van der Waals surface area (Å²) in [5.74, 6) is -0.439. The smallest absolute Gasteiger partial charge is 0.154 e. The standard InChI is InChI=1S/C7H4FN3/c1-10-7-2-6(8)5(3-9)4-11-7/h2,4H,1H2. The summed E-state index contributed by atoms with van der Waals surface area (Å²) in [5.41, 5.74) is -0.0857. The first kappa shape index (κ1) is 7.35. The molecule has 0 N–H and O–H groups in total. The van der Waals surface area contributed by atoms with E-state index in [2.05, 4.69) is 16.7 Å². The Morgan fingerprint density at radius 3 is 2.91 bits per heavy atom. The third kappa shape index (κ3) is 1.38. The number of hydrogen-bond acceptors (Lipinski definition) is 3. The average molecular weight is 149 g/mol. The normalized spacial score (nSPS) is 8.73. The molecule has 1 aromatic rings. The molecule has 1 rings (SSSR count). The number of rotatable bonds is 1. The van der Waals surface area contributed by atoms with Crippen LogP contribution < -0.4 is 0 Å².